The summed E-state index contributed by atoms with van der Waals surface area (Å²) in [7, 11) is 2.08. The summed E-state index contributed by atoms with van der Waals surface area (Å²) in [5.74, 6) is 0. The van der Waals surface area contributed by atoms with Gasteiger partial charge < -0.3 is 10.4 Å². The molecule has 1 unspecified atom stereocenters. The molecule has 2 aromatic carbocycles. The smallest absolute Gasteiger partial charge is 0.0666 e. The van der Waals surface area contributed by atoms with E-state index in [1.807, 2.05) is 0 Å². The number of halogens is 2. The van der Waals surface area contributed by atoms with Crippen molar-refractivity contribution in [3.05, 3.63) is 48.0 Å². The molecular weight excluding hydrogens is 403 g/mol. The van der Waals surface area contributed by atoms with Crippen LogP contribution in [0.3, 0.4) is 0 Å². The Morgan fingerprint density at radius 2 is 1.66 bits per heavy atom. The first-order chi connectivity index (χ1) is 13.2. The van der Waals surface area contributed by atoms with Crippen molar-refractivity contribution in [2.45, 2.75) is 69.1 Å². The van der Waals surface area contributed by atoms with Gasteiger partial charge in [-0.1, -0.05) is 55.7 Å². The fourth-order valence-electron chi connectivity index (χ4n) is 5.15. The summed E-state index contributed by atoms with van der Waals surface area (Å²) in [6.45, 7) is 2.22. The number of aliphatic hydroxyl groups is 1. The molecule has 2 N–H and O–H groups in total. The average molecular weight is 439 g/mol. The summed E-state index contributed by atoms with van der Waals surface area (Å²) in [6, 6.07) is 16.5. The van der Waals surface area contributed by atoms with Crippen LogP contribution in [0.4, 0.5) is 0 Å². The maximum absolute atomic E-state index is 11.3. The molecule has 1 saturated heterocycles. The van der Waals surface area contributed by atoms with E-state index >= 15 is 0 Å². The zero-order valence-electron chi connectivity index (χ0n) is 17.5. The molecule has 2 fully saturated rings. The monoisotopic (exact) mass is 438 g/mol. The Balaban J connectivity index is 0.00000150. The van der Waals surface area contributed by atoms with Crippen molar-refractivity contribution >= 4 is 35.6 Å². The predicted molar refractivity (Wildman–Crippen MR) is 127 cm³/mol. The van der Waals surface area contributed by atoms with Gasteiger partial charge in [0, 0.05) is 25.2 Å². The van der Waals surface area contributed by atoms with Gasteiger partial charge in [-0.2, -0.15) is 0 Å². The third-order valence-electron chi connectivity index (χ3n) is 6.89. The Morgan fingerprint density at radius 1 is 1.00 bits per heavy atom. The van der Waals surface area contributed by atoms with Crippen LogP contribution >= 0.6 is 24.8 Å². The van der Waals surface area contributed by atoms with Crippen LogP contribution in [0.5, 0.6) is 0 Å². The van der Waals surface area contributed by atoms with Gasteiger partial charge in [0.2, 0.25) is 0 Å². The lowest BCUT2D eigenvalue weighted by Gasteiger charge is -2.42. The Hall–Kier alpha value is -0.840. The highest BCUT2D eigenvalue weighted by Gasteiger charge is 2.36. The Morgan fingerprint density at radius 3 is 2.31 bits per heavy atom. The average Bonchev–Trinajstić information content (AvgIpc) is 2.72. The molecule has 2 aromatic rings. The number of hydrogen-bond donors (Lipinski definition) is 2. The summed E-state index contributed by atoms with van der Waals surface area (Å²) in [5, 5.41) is 17.3. The molecule has 0 aromatic heterocycles. The maximum atomic E-state index is 11.3. The van der Waals surface area contributed by atoms with Crippen molar-refractivity contribution < 1.29 is 5.11 Å². The molecular formula is C24H36Cl2N2O. The van der Waals surface area contributed by atoms with E-state index in [0.29, 0.717) is 12.1 Å². The van der Waals surface area contributed by atoms with E-state index in [1.165, 1.54) is 48.4 Å². The fraction of sp³-hybridized carbons (Fsp3) is 0.583. The number of benzene rings is 2. The van der Waals surface area contributed by atoms with Crippen LogP contribution in [-0.4, -0.2) is 41.8 Å². The summed E-state index contributed by atoms with van der Waals surface area (Å²) >= 11 is 0. The van der Waals surface area contributed by atoms with Crippen LogP contribution in [0.1, 0.15) is 63.0 Å². The van der Waals surface area contributed by atoms with E-state index in [9.17, 15) is 5.11 Å². The summed E-state index contributed by atoms with van der Waals surface area (Å²) < 4.78 is 0. The van der Waals surface area contributed by atoms with Gasteiger partial charge in [0.1, 0.15) is 0 Å². The first-order valence-corrected chi connectivity index (χ1v) is 10.8. The van der Waals surface area contributed by atoms with Crippen LogP contribution in [0, 0.1) is 0 Å². The number of likely N-dealkylation sites (tertiary alicyclic amines) is 1. The minimum absolute atomic E-state index is 0. The van der Waals surface area contributed by atoms with Crippen molar-refractivity contribution in [1.82, 2.24) is 10.2 Å². The molecule has 1 heterocycles. The summed E-state index contributed by atoms with van der Waals surface area (Å²) in [5.41, 5.74) is 0.879. The SMILES string of the molecule is CNC1CCN(C(CC2(O)CCCCC2)c2ccc3ccccc3c2)CC1.Cl.Cl. The molecule has 0 radical (unpaired) electrons. The normalized spacial score (nSPS) is 21.2. The lowest BCUT2D eigenvalue weighted by atomic mass is 9.78. The number of nitrogens with one attached hydrogen (secondary N) is 1. The molecule has 0 amide bonds. The van der Waals surface area contributed by atoms with Gasteiger partial charge in [-0.05, 0) is 61.6 Å². The second-order valence-corrected chi connectivity index (χ2v) is 8.71. The summed E-state index contributed by atoms with van der Waals surface area (Å²) in [4.78, 5) is 2.63. The maximum Gasteiger partial charge on any atom is 0.0666 e. The largest absolute Gasteiger partial charge is 0.390 e. The van der Waals surface area contributed by atoms with Crippen molar-refractivity contribution in [2.24, 2.45) is 0 Å². The molecule has 4 rings (SSSR count). The third-order valence-corrected chi connectivity index (χ3v) is 6.89. The molecule has 2 aliphatic rings. The molecule has 1 aliphatic heterocycles. The van der Waals surface area contributed by atoms with Crippen molar-refractivity contribution in [1.29, 1.82) is 0 Å². The van der Waals surface area contributed by atoms with E-state index in [2.05, 4.69) is 59.7 Å². The first kappa shape index (κ1) is 24.4. The van der Waals surface area contributed by atoms with E-state index in [1.54, 1.807) is 0 Å². The van der Waals surface area contributed by atoms with Gasteiger partial charge in [-0.25, -0.2) is 0 Å². The molecule has 1 atom stereocenters. The van der Waals surface area contributed by atoms with Crippen molar-refractivity contribution in [3.63, 3.8) is 0 Å². The number of nitrogens with zero attached hydrogens (tertiary/aromatic N) is 1. The van der Waals surface area contributed by atoms with Crippen LogP contribution in [0.25, 0.3) is 10.8 Å². The minimum Gasteiger partial charge on any atom is -0.390 e. The molecule has 5 heteroatoms. The van der Waals surface area contributed by atoms with E-state index in [0.717, 1.165) is 32.4 Å². The van der Waals surface area contributed by atoms with Gasteiger partial charge in [-0.15, -0.1) is 24.8 Å². The van der Waals surface area contributed by atoms with E-state index < -0.39 is 5.60 Å². The lowest BCUT2D eigenvalue weighted by Crippen LogP contribution is -2.45. The first-order valence-electron chi connectivity index (χ1n) is 10.8. The zero-order valence-corrected chi connectivity index (χ0v) is 19.1. The number of hydrogen-bond acceptors (Lipinski definition) is 3. The van der Waals surface area contributed by atoms with Gasteiger partial charge in [0.05, 0.1) is 5.60 Å². The Bertz CT molecular complexity index is 755. The van der Waals surface area contributed by atoms with Crippen LogP contribution in [0.15, 0.2) is 42.5 Å². The lowest BCUT2D eigenvalue weighted by molar-refractivity contribution is -0.0313. The van der Waals surface area contributed by atoms with Gasteiger partial charge >= 0.3 is 0 Å². The van der Waals surface area contributed by atoms with E-state index in [-0.39, 0.29) is 24.8 Å². The van der Waals surface area contributed by atoms with Gasteiger partial charge in [0.25, 0.3) is 0 Å². The van der Waals surface area contributed by atoms with Crippen molar-refractivity contribution in [2.75, 3.05) is 20.1 Å². The highest BCUT2D eigenvalue weighted by atomic mass is 35.5. The highest BCUT2D eigenvalue weighted by molar-refractivity contribution is 5.85. The molecule has 3 nitrogen and oxygen atoms in total. The third kappa shape index (κ3) is 5.86. The minimum atomic E-state index is -0.492. The molecule has 29 heavy (non-hydrogen) atoms. The predicted octanol–water partition coefficient (Wildman–Crippen LogP) is 5.49. The quantitative estimate of drug-likeness (QED) is 0.647. The zero-order chi connectivity index (χ0) is 18.7. The number of piperidine rings is 1. The standard InChI is InChI=1S/C24H34N2O.2ClH/c1-25-22-11-15-26(16-12-22)23(18-24(27)13-5-2-6-14-24)21-10-9-19-7-3-4-8-20(19)17-21;;/h3-4,7-10,17,22-23,25,27H,2,5-6,11-16,18H2,1H3;2*1H. The topological polar surface area (TPSA) is 35.5 Å². The van der Waals surface area contributed by atoms with Gasteiger partial charge in [-0.3, -0.25) is 4.90 Å². The van der Waals surface area contributed by atoms with Crippen LogP contribution in [0.2, 0.25) is 0 Å². The van der Waals surface area contributed by atoms with Crippen LogP contribution < -0.4 is 5.32 Å². The Labute approximate surface area is 188 Å². The van der Waals surface area contributed by atoms with Gasteiger partial charge in [0.15, 0.2) is 0 Å². The number of rotatable bonds is 5. The molecule has 1 saturated carbocycles. The summed E-state index contributed by atoms with van der Waals surface area (Å²) in [6.07, 6.45) is 8.80. The van der Waals surface area contributed by atoms with E-state index in [4.69, 9.17) is 0 Å². The second-order valence-electron chi connectivity index (χ2n) is 8.71. The molecule has 0 spiro atoms. The molecule has 1 aliphatic carbocycles. The highest BCUT2D eigenvalue weighted by Crippen LogP contribution is 2.39. The van der Waals surface area contributed by atoms with Crippen molar-refractivity contribution in [3.8, 4) is 0 Å². The fourth-order valence-corrected chi connectivity index (χ4v) is 5.15. The molecule has 0 bridgehead atoms. The van der Waals surface area contributed by atoms with Crippen LogP contribution in [-0.2, 0) is 0 Å². The number of fused-ring (bicyclic) bond motifs is 1. The molecule has 162 valence electrons. The second kappa shape index (κ2) is 11.0. The Kier molecular flexibility index (Phi) is 9.24.